The Bertz CT molecular complexity index is 1350. The normalized spacial score (nSPS) is 23.2. The van der Waals surface area contributed by atoms with Crippen molar-refractivity contribution in [2.24, 2.45) is 21.9 Å². The second-order valence-electron chi connectivity index (χ2n) is 10.3. The van der Waals surface area contributed by atoms with Crippen molar-refractivity contribution in [2.75, 3.05) is 31.7 Å². The third-order valence-electron chi connectivity index (χ3n) is 7.22. The van der Waals surface area contributed by atoms with E-state index in [1.54, 1.807) is 66.0 Å². The van der Waals surface area contributed by atoms with Crippen LogP contribution in [0.5, 0.6) is 0 Å². The maximum Gasteiger partial charge on any atom is 0.256 e. The van der Waals surface area contributed by atoms with Crippen LogP contribution in [0.1, 0.15) is 35.7 Å². The van der Waals surface area contributed by atoms with Crippen molar-refractivity contribution < 1.29 is 18.7 Å². The predicted octanol–water partition coefficient (Wildman–Crippen LogP) is 3.12. The third-order valence-corrected chi connectivity index (χ3v) is 8.43. The molecule has 0 aliphatic carbocycles. The fourth-order valence-electron chi connectivity index (χ4n) is 4.86. The van der Waals surface area contributed by atoms with E-state index in [0.717, 1.165) is 6.42 Å². The van der Waals surface area contributed by atoms with Crippen LogP contribution in [0.2, 0.25) is 0 Å². The maximum absolute atomic E-state index is 13.8. The second kappa shape index (κ2) is 11.7. The Labute approximate surface area is 236 Å². The van der Waals surface area contributed by atoms with Gasteiger partial charge in [0.15, 0.2) is 0 Å². The number of aliphatic imine (C=N–C) groups is 1. The number of nitrogens with zero attached hydrogens (tertiary/aromatic N) is 4. The van der Waals surface area contributed by atoms with Gasteiger partial charge in [0.05, 0.1) is 30.4 Å². The van der Waals surface area contributed by atoms with Crippen molar-refractivity contribution in [3.8, 4) is 0 Å². The topological polar surface area (TPSA) is 139 Å². The van der Waals surface area contributed by atoms with E-state index in [0.29, 0.717) is 54.5 Å². The number of aromatic nitrogens is 1. The Hall–Kier alpha value is -3.90. The Balaban J connectivity index is 1.32. The number of alkyl halides is 1. The molecule has 2 saturated heterocycles. The van der Waals surface area contributed by atoms with Gasteiger partial charge < -0.3 is 26.4 Å². The van der Waals surface area contributed by atoms with Crippen molar-refractivity contribution in [1.29, 1.82) is 0 Å². The highest BCUT2D eigenvalue weighted by Crippen LogP contribution is 2.37. The van der Waals surface area contributed by atoms with E-state index in [1.165, 1.54) is 11.9 Å². The standard InChI is InChI=1S/C28H32FN7O3S/c1-28(16-39-17-28)27(38)35-15-21(10-9-20(35)14-29)40-36-13-12-33-25(31)24(36)23(30)18-5-7-19(8-6-18)26(37)34-22-4-2-3-11-32-22/h2-8,11-13,20-21H,9-10,14-17,30H2,1H3,(H2,31,33)(H,32,34,37)/b24-23-/t20-,21-/m1/s1. The number of nitrogens with one attached hydrogen (secondary N) is 1. The number of hydrogen-bond acceptors (Lipinski definition) is 9. The molecule has 2 fully saturated rings. The van der Waals surface area contributed by atoms with Crippen LogP contribution in [-0.4, -0.2) is 69.6 Å². The highest BCUT2D eigenvalue weighted by Gasteiger charge is 2.47. The molecule has 210 valence electrons. The van der Waals surface area contributed by atoms with Crippen LogP contribution in [0, 0.1) is 5.41 Å². The molecule has 12 heteroatoms. The Kier molecular flexibility index (Phi) is 8.08. The van der Waals surface area contributed by atoms with Gasteiger partial charge >= 0.3 is 0 Å². The number of ether oxygens (including phenoxy) is 1. The molecule has 2 aromatic rings. The molecule has 0 unspecified atom stereocenters. The van der Waals surface area contributed by atoms with Crippen molar-refractivity contribution in [3.05, 3.63) is 77.9 Å². The van der Waals surface area contributed by atoms with E-state index >= 15 is 0 Å². The van der Waals surface area contributed by atoms with Gasteiger partial charge in [0.2, 0.25) is 5.91 Å². The van der Waals surface area contributed by atoms with Gasteiger partial charge in [-0.05, 0) is 61.5 Å². The molecular weight excluding hydrogens is 533 g/mol. The Morgan fingerprint density at radius 1 is 1.18 bits per heavy atom. The predicted molar refractivity (Wildman–Crippen MR) is 153 cm³/mol. The molecule has 0 saturated carbocycles. The molecule has 2 atom stereocenters. The minimum Gasteiger partial charge on any atom is -0.396 e. The zero-order valence-electron chi connectivity index (χ0n) is 22.1. The molecule has 3 aliphatic rings. The van der Waals surface area contributed by atoms with Crippen LogP contribution < -0.4 is 16.8 Å². The molecule has 5 rings (SSSR count). The van der Waals surface area contributed by atoms with E-state index in [9.17, 15) is 14.0 Å². The molecule has 1 aromatic heterocycles. The largest absolute Gasteiger partial charge is 0.396 e. The van der Waals surface area contributed by atoms with Crippen LogP contribution in [0.25, 0.3) is 5.70 Å². The van der Waals surface area contributed by atoms with Gasteiger partial charge in [-0.2, -0.15) is 0 Å². The molecule has 1 aromatic carbocycles. The lowest BCUT2D eigenvalue weighted by Crippen LogP contribution is -2.59. The second-order valence-corrected chi connectivity index (χ2v) is 11.5. The monoisotopic (exact) mass is 565 g/mol. The van der Waals surface area contributed by atoms with Crippen LogP contribution in [0.15, 0.2) is 71.8 Å². The zero-order valence-corrected chi connectivity index (χ0v) is 22.9. The lowest BCUT2D eigenvalue weighted by atomic mass is 9.85. The van der Waals surface area contributed by atoms with Gasteiger partial charge in [-0.3, -0.25) is 13.9 Å². The third kappa shape index (κ3) is 5.68. The summed E-state index contributed by atoms with van der Waals surface area (Å²) in [5, 5.41) is 2.75. The van der Waals surface area contributed by atoms with E-state index in [1.807, 2.05) is 11.2 Å². The summed E-state index contributed by atoms with van der Waals surface area (Å²) in [6.07, 6.45) is 6.25. The first-order valence-electron chi connectivity index (χ1n) is 13.0. The molecular formula is C28H32FN7O3S. The van der Waals surface area contributed by atoms with Gasteiger partial charge in [-0.1, -0.05) is 18.2 Å². The Morgan fingerprint density at radius 2 is 1.93 bits per heavy atom. The van der Waals surface area contributed by atoms with Crippen LogP contribution in [0.4, 0.5) is 10.2 Å². The van der Waals surface area contributed by atoms with Crippen LogP contribution in [0.3, 0.4) is 0 Å². The summed E-state index contributed by atoms with van der Waals surface area (Å²) in [4.78, 5) is 35.9. The van der Waals surface area contributed by atoms with Crippen molar-refractivity contribution >= 4 is 41.1 Å². The van der Waals surface area contributed by atoms with Gasteiger partial charge in [-0.25, -0.2) is 14.4 Å². The average Bonchev–Trinajstić information content (AvgIpc) is 2.96. The van der Waals surface area contributed by atoms with Gasteiger partial charge in [-0.15, -0.1) is 0 Å². The summed E-state index contributed by atoms with van der Waals surface area (Å²) in [5.74, 6) is 0.346. The number of piperidine rings is 1. The summed E-state index contributed by atoms with van der Waals surface area (Å²) in [7, 11) is 0. The summed E-state index contributed by atoms with van der Waals surface area (Å²) < 4.78 is 21.0. The number of carbonyl (C=O) groups is 2. The molecule has 40 heavy (non-hydrogen) atoms. The molecule has 10 nitrogen and oxygen atoms in total. The lowest BCUT2D eigenvalue weighted by molar-refractivity contribution is -0.172. The number of benzene rings is 1. The number of hydrogen-bond donors (Lipinski definition) is 3. The first-order valence-corrected chi connectivity index (χ1v) is 13.9. The molecule has 0 radical (unpaired) electrons. The number of halogens is 1. The molecule has 4 heterocycles. The number of anilines is 1. The summed E-state index contributed by atoms with van der Waals surface area (Å²) in [5.41, 5.74) is 14.3. The average molecular weight is 566 g/mol. The number of pyridine rings is 1. The first kappa shape index (κ1) is 27.7. The minimum absolute atomic E-state index is 0.00707. The summed E-state index contributed by atoms with van der Waals surface area (Å²) in [6.45, 7) is 2.41. The quantitative estimate of drug-likeness (QED) is 0.435. The molecule has 5 N–H and O–H groups in total. The molecule has 0 spiro atoms. The van der Waals surface area contributed by atoms with Crippen molar-refractivity contribution in [3.63, 3.8) is 0 Å². The minimum atomic E-state index is -0.599. The number of nitrogens with two attached hydrogens (primary N) is 2. The number of amidine groups is 1. The van der Waals surface area contributed by atoms with Crippen molar-refractivity contribution in [2.45, 2.75) is 31.1 Å². The van der Waals surface area contributed by atoms with Crippen molar-refractivity contribution in [1.82, 2.24) is 14.2 Å². The summed E-state index contributed by atoms with van der Waals surface area (Å²) in [6, 6.07) is 11.7. The van der Waals surface area contributed by atoms with Gasteiger partial charge in [0.1, 0.15) is 24.0 Å². The fourth-order valence-corrected chi connectivity index (χ4v) is 6.07. The SMILES string of the molecule is CC1(C(=O)N2C[C@H](SN3C=CN=C(N)/C3=C(/N)c3ccc(C(=O)Nc4ccccn4)cc3)CC[C@@H]2CF)COC1. The van der Waals surface area contributed by atoms with Gasteiger partial charge in [0, 0.05) is 36.0 Å². The number of carbonyl (C=O) groups excluding carboxylic acids is 2. The Morgan fingerprint density at radius 3 is 2.58 bits per heavy atom. The molecule has 0 bridgehead atoms. The van der Waals surface area contributed by atoms with E-state index < -0.39 is 18.1 Å². The van der Waals surface area contributed by atoms with E-state index in [4.69, 9.17) is 16.2 Å². The maximum atomic E-state index is 13.8. The molecule has 3 aliphatic heterocycles. The van der Waals surface area contributed by atoms with Gasteiger partial charge in [0.25, 0.3) is 5.91 Å². The highest BCUT2D eigenvalue weighted by molar-refractivity contribution is 7.97. The fraction of sp³-hybridized carbons (Fsp3) is 0.357. The molecule has 2 amide bonds. The number of likely N-dealkylation sites (tertiary alicyclic amines) is 1. The highest BCUT2D eigenvalue weighted by atomic mass is 32.2. The number of amides is 2. The lowest BCUT2D eigenvalue weighted by Gasteiger charge is -2.46. The number of rotatable bonds is 7. The van der Waals surface area contributed by atoms with E-state index in [-0.39, 0.29) is 22.9 Å². The van der Waals surface area contributed by atoms with Crippen LogP contribution >= 0.6 is 11.9 Å². The zero-order chi connectivity index (χ0) is 28.3. The first-order chi connectivity index (χ1) is 19.3. The smallest absolute Gasteiger partial charge is 0.256 e. The summed E-state index contributed by atoms with van der Waals surface area (Å²) >= 11 is 1.48. The van der Waals surface area contributed by atoms with Crippen LogP contribution in [-0.2, 0) is 9.53 Å². The van der Waals surface area contributed by atoms with E-state index in [2.05, 4.69) is 15.3 Å².